The van der Waals surface area contributed by atoms with E-state index in [1.165, 1.54) is 0 Å². The summed E-state index contributed by atoms with van der Waals surface area (Å²) in [5.41, 5.74) is 4.40. The first-order valence-corrected chi connectivity index (χ1v) is 4.15. The maximum atomic E-state index is 8.63. The van der Waals surface area contributed by atoms with E-state index in [1.54, 1.807) is 17.1 Å². The third-order valence-corrected chi connectivity index (χ3v) is 1.75. The molecule has 0 saturated carbocycles. The molecular weight excluding hydrogens is 186 g/mol. The fourth-order valence-corrected chi connectivity index (χ4v) is 1.16. The number of nitrogens with one attached hydrogen (secondary N) is 1. The Bertz CT molecular complexity index is 341. The molecule has 0 aliphatic carbocycles. The summed E-state index contributed by atoms with van der Waals surface area (Å²) in [4.78, 5) is 0. The maximum absolute atomic E-state index is 8.63. The molecule has 1 N–H and O–H groups in total. The minimum Gasteiger partial charge on any atom is -0.319 e. The van der Waals surface area contributed by atoms with Crippen molar-refractivity contribution in [1.82, 2.24) is 5.01 Å². The van der Waals surface area contributed by atoms with Gasteiger partial charge in [0.05, 0.1) is 16.3 Å². The van der Waals surface area contributed by atoms with Crippen LogP contribution in [0.5, 0.6) is 0 Å². The first-order valence-electron chi connectivity index (χ1n) is 3.77. The molecule has 1 aromatic carbocycles. The molecule has 0 unspecified atom stereocenters. The molecular formula is C9H10ClN3. The Morgan fingerprint density at radius 1 is 1.46 bits per heavy atom. The smallest absolute Gasteiger partial charge is 0.101 e. The van der Waals surface area contributed by atoms with Crippen LogP contribution in [0.3, 0.4) is 0 Å². The van der Waals surface area contributed by atoms with Crippen LogP contribution in [0.25, 0.3) is 0 Å². The van der Waals surface area contributed by atoms with E-state index in [0.717, 1.165) is 5.69 Å². The van der Waals surface area contributed by atoms with Crippen LogP contribution in [-0.4, -0.2) is 19.1 Å². The number of hydrogen-bond donors (Lipinski definition) is 1. The number of nitrogens with zero attached hydrogens (tertiary/aromatic N) is 2. The van der Waals surface area contributed by atoms with E-state index >= 15 is 0 Å². The van der Waals surface area contributed by atoms with E-state index in [1.807, 2.05) is 26.2 Å². The number of nitriles is 1. The third kappa shape index (κ3) is 2.62. The van der Waals surface area contributed by atoms with Gasteiger partial charge in [-0.05, 0) is 18.2 Å². The lowest BCUT2D eigenvalue weighted by Crippen LogP contribution is -2.19. The van der Waals surface area contributed by atoms with E-state index in [2.05, 4.69) is 5.43 Å². The fraction of sp³-hybridized carbons (Fsp3) is 0.222. The summed E-state index contributed by atoms with van der Waals surface area (Å²) in [7, 11) is 3.76. The third-order valence-electron chi connectivity index (χ3n) is 1.44. The Labute approximate surface area is 82.5 Å². The van der Waals surface area contributed by atoms with Crippen molar-refractivity contribution in [3.8, 4) is 6.07 Å². The Hall–Kier alpha value is -1.24. The molecule has 3 nitrogen and oxygen atoms in total. The van der Waals surface area contributed by atoms with Gasteiger partial charge in [-0.3, -0.25) is 0 Å². The monoisotopic (exact) mass is 195 g/mol. The molecule has 0 radical (unpaired) electrons. The maximum Gasteiger partial charge on any atom is 0.101 e. The van der Waals surface area contributed by atoms with Crippen molar-refractivity contribution in [2.75, 3.05) is 19.5 Å². The van der Waals surface area contributed by atoms with Gasteiger partial charge in [-0.25, -0.2) is 5.01 Å². The standard InChI is InChI=1S/C9H10ClN3/c1-13(2)12-8-4-3-7(6-11)9(10)5-8/h3-5,12H,1-2H3. The van der Waals surface area contributed by atoms with Gasteiger partial charge in [0.2, 0.25) is 0 Å². The number of rotatable bonds is 2. The molecule has 68 valence electrons. The van der Waals surface area contributed by atoms with E-state index in [9.17, 15) is 0 Å². The van der Waals surface area contributed by atoms with Crippen molar-refractivity contribution in [2.45, 2.75) is 0 Å². The van der Waals surface area contributed by atoms with E-state index < -0.39 is 0 Å². The number of anilines is 1. The molecule has 0 aliphatic heterocycles. The summed E-state index contributed by atoms with van der Waals surface area (Å²) < 4.78 is 0. The SMILES string of the molecule is CN(C)Nc1ccc(C#N)c(Cl)c1. The largest absolute Gasteiger partial charge is 0.319 e. The molecule has 0 saturated heterocycles. The van der Waals surface area contributed by atoms with Crippen LogP contribution in [0.4, 0.5) is 5.69 Å². The molecule has 0 heterocycles. The van der Waals surface area contributed by atoms with Gasteiger partial charge in [0.15, 0.2) is 0 Å². The number of hydrogen-bond acceptors (Lipinski definition) is 3. The number of hydrazine groups is 1. The minimum absolute atomic E-state index is 0.467. The predicted molar refractivity (Wildman–Crippen MR) is 53.5 cm³/mol. The summed E-state index contributed by atoms with van der Waals surface area (Å²) in [5, 5.41) is 10.9. The molecule has 0 aliphatic rings. The zero-order chi connectivity index (χ0) is 9.84. The van der Waals surface area contributed by atoms with Crippen molar-refractivity contribution >= 4 is 17.3 Å². The van der Waals surface area contributed by atoms with Crippen LogP contribution in [0.1, 0.15) is 5.56 Å². The molecule has 0 bridgehead atoms. The summed E-state index contributed by atoms with van der Waals surface area (Å²) >= 11 is 5.83. The molecule has 1 rings (SSSR count). The van der Waals surface area contributed by atoms with E-state index in [4.69, 9.17) is 16.9 Å². The lowest BCUT2D eigenvalue weighted by Gasteiger charge is -2.13. The van der Waals surface area contributed by atoms with Gasteiger partial charge in [0, 0.05) is 14.1 Å². The van der Waals surface area contributed by atoms with Crippen LogP contribution < -0.4 is 5.43 Å². The summed E-state index contributed by atoms with van der Waals surface area (Å²) in [6, 6.07) is 7.22. The highest BCUT2D eigenvalue weighted by Gasteiger charge is 2.00. The highest BCUT2D eigenvalue weighted by Crippen LogP contribution is 2.19. The lowest BCUT2D eigenvalue weighted by molar-refractivity contribution is 0.495. The van der Waals surface area contributed by atoms with Gasteiger partial charge >= 0.3 is 0 Å². The van der Waals surface area contributed by atoms with Gasteiger partial charge in [-0.2, -0.15) is 5.26 Å². The predicted octanol–water partition coefficient (Wildman–Crippen LogP) is 2.10. The van der Waals surface area contributed by atoms with Crippen LogP contribution in [0.2, 0.25) is 5.02 Å². The minimum atomic E-state index is 0.467. The molecule has 0 atom stereocenters. The van der Waals surface area contributed by atoms with Gasteiger partial charge < -0.3 is 5.43 Å². The van der Waals surface area contributed by atoms with Crippen LogP contribution in [0, 0.1) is 11.3 Å². The quantitative estimate of drug-likeness (QED) is 0.735. The Balaban J connectivity index is 2.91. The van der Waals surface area contributed by atoms with Gasteiger partial charge in [0.25, 0.3) is 0 Å². The van der Waals surface area contributed by atoms with Crippen molar-refractivity contribution in [3.63, 3.8) is 0 Å². The molecule has 1 aromatic rings. The van der Waals surface area contributed by atoms with Crippen LogP contribution in [-0.2, 0) is 0 Å². The molecule has 0 fully saturated rings. The summed E-state index contributed by atoms with van der Waals surface area (Å²) in [6.07, 6.45) is 0. The fourth-order valence-electron chi connectivity index (χ4n) is 0.934. The topological polar surface area (TPSA) is 39.1 Å². The molecule has 13 heavy (non-hydrogen) atoms. The number of halogens is 1. The van der Waals surface area contributed by atoms with Crippen molar-refractivity contribution < 1.29 is 0 Å². The molecule has 0 spiro atoms. The average Bonchev–Trinajstić information content (AvgIpc) is 2.03. The van der Waals surface area contributed by atoms with E-state index in [-0.39, 0.29) is 0 Å². The van der Waals surface area contributed by atoms with Gasteiger partial charge in [0.1, 0.15) is 6.07 Å². The highest BCUT2D eigenvalue weighted by atomic mass is 35.5. The van der Waals surface area contributed by atoms with Gasteiger partial charge in [-0.1, -0.05) is 11.6 Å². The first-order chi connectivity index (χ1) is 6.13. The second-order valence-electron chi connectivity index (χ2n) is 2.81. The normalized spacial score (nSPS) is 9.77. The number of benzene rings is 1. The highest BCUT2D eigenvalue weighted by molar-refractivity contribution is 6.32. The second-order valence-corrected chi connectivity index (χ2v) is 3.22. The van der Waals surface area contributed by atoms with Crippen molar-refractivity contribution in [2.24, 2.45) is 0 Å². The zero-order valence-electron chi connectivity index (χ0n) is 7.50. The van der Waals surface area contributed by atoms with Gasteiger partial charge in [-0.15, -0.1) is 0 Å². The lowest BCUT2D eigenvalue weighted by atomic mass is 10.2. The summed E-state index contributed by atoms with van der Waals surface area (Å²) in [5.74, 6) is 0. The molecule has 0 aromatic heterocycles. The van der Waals surface area contributed by atoms with Crippen molar-refractivity contribution in [1.29, 1.82) is 5.26 Å². The van der Waals surface area contributed by atoms with Crippen molar-refractivity contribution in [3.05, 3.63) is 28.8 Å². The van der Waals surface area contributed by atoms with Crippen LogP contribution >= 0.6 is 11.6 Å². The first kappa shape index (κ1) is 9.85. The van der Waals surface area contributed by atoms with E-state index in [0.29, 0.717) is 10.6 Å². The molecule has 0 amide bonds. The second kappa shape index (κ2) is 4.13. The summed E-state index contributed by atoms with van der Waals surface area (Å²) in [6.45, 7) is 0. The molecule has 4 heteroatoms. The Morgan fingerprint density at radius 2 is 2.15 bits per heavy atom. The van der Waals surface area contributed by atoms with Crippen LogP contribution in [0.15, 0.2) is 18.2 Å². The Kier molecular flexibility index (Phi) is 3.13. The average molecular weight is 196 g/mol. The zero-order valence-corrected chi connectivity index (χ0v) is 8.26. The Morgan fingerprint density at radius 3 is 2.62 bits per heavy atom.